The highest BCUT2D eigenvalue weighted by Gasteiger charge is 2.28. The number of ether oxygens (including phenoxy) is 1. The zero-order valence-electron chi connectivity index (χ0n) is 16.6. The lowest BCUT2D eigenvalue weighted by Crippen LogP contribution is -2.35. The molecule has 0 saturated heterocycles. The maximum absolute atomic E-state index is 14.4. The number of methoxy groups -OCH3 is 1. The lowest BCUT2D eigenvalue weighted by Gasteiger charge is -2.32. The van der Waals surface area contributed by atoms with Gasteiger partial charge in [0.25, 0.3) is 5.91 Å². The van der Waals surface area contributed by atoms with Gasteiger partial charge in [0.05, 0.1) is 31.5 Å². The third-order valence-electron chi connectivity index (χ3n) is 4.69. The molecule has 0 aliphatic heterocycles. The molecule has 29 heavy (non-hydrogen) atoms. The summed E-state index contributed by atoms with van der Waals surface area (Å²) in [5.41, 5.74) is 1.85. The van der Waals surface area contributed by atoms with Gasteiger partial charge in [-0.05, 0) is 55.3 Å². The largest absolute Gasteiger partial charge is 0.497 e. The van der Waals surface area contributed by atoms with E-state index in [0.29, 0.717) is 12.2 Å². The number of rotatable bonds is 8. The Morgan fingerprint density at radius 3 is 2.45 bits per heavy atom. The second kappa shape index (κ2) is 9.24. The number of carbonyl (C=O) groups excluding carboxylic acids is 1. The fourth-order valence-electron chi connectivity index (χ4n) is 3.25. The molecule has 1 unspecified atom stereocenters. The van der Waals surface area contributed by atoms with Gasteiger partial charge in [-0.3, -0.25) is 4.79 Å². The van der Waals surface area contributed by atoms with Crippen LogP contribution in [0.2, 0.25) is 0 Å². The molecule has 0 fully saturated rings. The van der Waals surface area contributed by atoms with Gasteiger partial charge >= 0.3 is 0 Å². The molecular weight excluding hydrogens is 369 g/mol. The molecule has 5 heteroatoms. The predicted octanol–water partition coefficient (Wildman–Crippen LogP) is 5.78. The summed E-state index contributed by atoms with van der Waals surface area (Å²) in [5.74, 6) is 0.392. The monoisotopic (exact) mass is 393 g/mol. The van der Waals surface area contributed by atoms with Crippen LogP contribution in [0.3, 0.4) is 0 Å². The first-order valence-corrected chi connectivity index (χ1v) is 9.35. The number of furan rings is 1. The molecule has 0 radical (unpaired) electrons. The van der Waals surface area contributed by atoms with Gasteiger partial charge < -0.3 is 14.1 Å². The minimum Gasteiger partial charge on any atom is -0.497 e. The van der Waals surface area contributed by atoms with E-state index in [-0.39, 0.29) is 18.2 Å². The van der Waals surface area contributed by atoms with Gasteiger partial charge in [0, 0.05) is 0 Å². The number of benzene rings is 2. The first-order valence-electron chi connectivity index (χ1n) is 9.35. The van der Waals surface area contributed by atoms with Crippen molar-refractivity contribution in [3.05, 3.63) is 102 Å². The number of carbonyl (C=O) groups is 1. The number of amides is 1. The molecule has 1 heterocycles. The van der Waals surface area contributed by atoms with Gasteiger partial charge in [0.2, 0.25) is 0 Å². The van der Waals surface area contributed by atoms with E-state index < -0.39 is 11.7 Å². The lowest BCUT2D eigenvalue weighted by molar-refractivity contribution is 0.0636. The standard InChI is InChI=1S/C24H24FNO3/c1-17(2)15-23(18-10-12-19(28-3)13-11-18)26(16-20-7-6-14-29-20)24(27)21-8-4-5-9-22(21)25/h4-14,23H,1,15-16H2,2-3H3. The van der Waals surface area contributed by atoms with Crippen molar-refractivity contribution >= 4 is 5.91 Å². The molecule has 4 nitrogen and oxygen atoms in total. The summed E-state index contributed by atoms with van der Waals surface area (Å²) in [6, 6.07) is 16.8. The number of halogens is 1. The molecule has 0 bridgehead atoms. The normalized spacial score (nSPS) is 11.7. The summed E-state index contributed by atoms with van der Waals surface area (Å²) in [6.45, 7) is 6.15. The Morgan fingerprint density at radius 1 is 1.14 bits per heavy atom. The molecule has 2 aromatic carbocycles. The first kappa shape index (κ1) is 20.4. The maximum Gasteiger partial charge on any atom is 0.257 e. The SMILES string of the molecule is C=C(C)CC(c1ccc(OC)cc1)N(Cc1ccco1)C(=O)c1ccccc1F. The van der Waals surface area contributed by atoms with Crippen molar-refractivity contribution in [1.29, 1.82) is 0 Å². The zero-order valence-corrected chi connectivity index (χ0v) is 16.6. The van der Waals surface area contributed by atoms with Gasteiger partial charge in [0.15, 0.2) is 0 Å². The van der Waals surface area contributed by atoms with Crippen molar-refractivity contribution in [2.24, 2.45) is 0 Å². The smallest absolute Gasteiger partial charge is 0.257 e. The molecule has 0 aliphatic rings. The van der Waals surface area contributed by atoms with Gasteiger partial charge in [-0.25, -0.2) is 4.39 Å². The molecule has 0 aliphatic carbocycles. The Bertz CT molecular complexity index is 964. The number of hydrogen-bond acceptors (Lipinski definition) is 3. The van der Waals surface area contributed by atoms with E-state index in [1.54, 1.807) is 42.5 Å². The van der Waals surface area contributed by atoms with Crippen LogP contribution in [0.15, 0.2) is 83.5 Å². The highest BCUT2D eigenvalue weighted by atomic mass is 19.1. The molecule has 3 aromatic rings. The van der Waals surface area contributed by atoms with Crippen LogP contribution in [0, 0.1) is 5.82 Å². The van der Waals surface area contributed by atoms with E-state index in [1.165, 1.54) is 12.1 Å². The van der Waals surface area contributed by atoms with Crippen LogP contribution >= 0.6 is 0 Å². The van der Waals surface area contributed by atoms with Crippen molar-refractivity contribution < 1.29 is 18.3 Å². The highest BCUT2D eigenvalue weighted by molar-refractivity contribution is 5.94. The van der Waals surface area contributed by atoms with E-state index in [1.807, 2.05) is 31.2 Å². The third-order valence-corrected chi connectivity index (χ3v) is 4.69. The molecule has 150 valence electrons. The van der Waals surface area contributed by atoms with Crippen LogP contribution in [0.25, 0.3) is 0 Å². The molecular formula is C24H24FNO3. The molecule has 3 rings (SSSR count). The zero-order chi connectivity index (χ0) is 20.8. The average molecular weight is 393 g/mol. The van der Waals surface area contributed by atoms with Crippen molar-refractivity contribution in [3.63, 3.8) is 0 Å². The van der Waals surface area contributed by atoms with Gasteiger partial charge in [-0.1, -0.05) is 29.8 Å². The van der Waals surface area contributed by atoms with Crippen LogP contribution in [-0.4, -0.2) is 17.9 Å². The molecule has 1 atom stereocenters. The Hall–Kier alpha value is -3.34. The Morgan fingerprint density at radius 2 is 1.86 bits per heavy atom. The topological polar surface area (TPSA) is 42.7 Å². The summed E-state index contributed by atoms with van der Waals surface area (Å²) in [4.78, 5) is 15.0. The Kier molecular flexibility index (Phi) is 6.50. The minimum atomic E-state index is -0.550. The maximum atomic E-state index is 14.4. The van der Waals surface area contributed by atoms with Crippen LogP contribution in [0.5, 0.6) is 5.75 Å². The average Bonchev–Trinajstić information content (AvgIpc) is 3.24. The van der Waals surface area contributed by atoms with E-state index in [4.69, 9.17) is 9.15 Å². The summed E-state index contributed by atoms with van der Waals surface area (Å²) < 4.78 is 25.1. The van der Waals surface area contributed by atoms with Gasteiger partial charge in [-0.2, -0.15) is 0 Å². The fraction of sp³-hybridized carbons (Fsp3) is 0.208. The molecule has 0 N–H and O–H groups in total. The molecule has 1 aromatic heterocycles. The van der Waals surface area contributed by atoms with E-state index in [0.717, 1.165) is 16.9 Å². The third kappa shape index (κ3) is 4.93. The first-order chi connectivity index (χ1) is 14.0. The van der Waals surface area contributed by atoms with Crippen LogP contribution in [-0.2, 0) is 6.54 Å². The van der Waals surface area contributed by atoms with Crippen molar-refractivity contribution in [2.45, 2.75) is 25.9 Å². The number of nitrogens with zero attached hydrogens (tertiary/aromatic N) is 1. The fourth-order valence-corrected chi connectivity index (χ4v) is 3.25. The Labute approximate surface area is 170 Å². The van der Waals surface area contributed by atoms with Crippen LogP contribution in [0.1, 0.15) is 41.1 Å². The quantitative estimate of drug-likeness (QED) is 0.456. The second-order valence-corrected chi connectivity index (χ2v) is 6.94. The summed E-state index contributed by atoms with van der Waals surface area (Å²) in [7, 11) is 1.60. The van der Waals surface area contributed by atoms with Gasteiger partial charge in [0.1, 0.15) is 17.3 Å². The van der Waals surface area contributed by atoms with Crippen molar-refractivity contribution in [3.8, 4) is 5.75 Å². The van der Waals surface area contributed by atoms with Crippen molar-refractivity contribution in [1.82, 2.24) is 4.90 Å². The van der Waals surface area contributed by atoms with Crippen LogP contribution < -0.4 is 4.74 Å². The minimum absolute atomic E-state index is 0.0271. The summed E-state index contributed by atoms with van der Waals surface area (Å²) in [6.07, 6.45) is 2.09. The van der Waals surface area contributed by atoms with E-state index in [9.17, 15) is 9.18 Å². The van der Waals surface area contributed by atoms with Crippen molar-refractivity contribution in [2.75, 3.05) is 7.11 Å². The summed E-state index contributed by atoms with van der Waals surface area (Å²) >= 11 is 0. The van der Waals surface area contributed by atoms with Crippen LogP contribution in [0.4, 0.5) is 4.39 Å². The predicted molar refractivity (Wildman–Crippen MR) is 110 cm³/mol. The molecule has 1 amide bonds. The summed E-state index contributed by atoms with van der Waals surface area (Å²) in [5, 5.41) is 0. The lowest BCUT2D eigenvalue weighted by atomic mass is 9.97. The number of hydrogen-bond donors (Lipinski definition) is 0. The van der Waals surface area contributed by atoms with E-state index >= 15 is 0 Å². The highest BCUT2D eigenvalue weighted by Crippen LogP contribution is 2.32. The molecule has 0 saturated carbocycles. The Balaban J connectivity index is 2.05. The molecule has 0 spiro atoms. The van der Waals surface area contributed by atoms with Gasteiger partial charge in [-0.15, -0.1) is 6.58 Å². The second-order valence-electron chi connectivity index (χ2n) is 6.94. The van der Waals surface area contributed by atoms with E-state index in [2.05, 4.69) is 6.58 Å².